The highest BCUT2D eigenvalue weighted by Gasteiger charge is 2.35. The van der Waals surface area contributed by atoms with Crippen molar-refractivity contribution in [3.05, 3.63) is 0 Å². The van der Waals surface area contributed by atoms with Crippen LogP contribution in [-0.2, 0) is 4.74 Å². The molecule has 1 N–H and O–H groups in total. The van der Waals surface area contributed by atoms with Crippen LogP contribution in [-0.4, -0.2) is 54.6 Å². The van der Waals surface area contributed by atoms with E-state index in [1.165, 1.54) is 0 Å². The Morgan fingerprint density at radius 2 is 1.85 bits per heavy atom. The Kier molecular flexibility index (Phi) is 3.71. The van der Waals surface area contributed by atoms with Gasteiger partial charge in [0.25, 0.3) is 0 Å². The average Bonchev–Trinajstić information content (AvgIpc) is 2.03. The molecule has 1 rings (SSSR count). The molecule has 0 spiro atoms. The van der Waals surface area contributed by atoms with Crippen LogP contribution in [0, 0.1) is 0 Å². The van der Waals surface area contributed by atoms with Gasteiger partial charge in [0.2, 0.25) is 0 Å². The maximum atomic E-state index is 9.03. The Bertz CT molecular complexity index is 151. The van der Waals surface area contributed by atoms with Crippen molar-refractivity contribution < 1.29 is 14.3 Å². The number of nitrogens with zero attached hydrogens (tertiary/aromatic N) is 1. The first kappa shape index (κ1) is 11.0. The molecular formula is C10H22NO2+. The summed E-state index contributed by atoms with van der Waals surface area (Å²) in [4.78, 5) is 0. The Labute approximate surface area is 80.9 Å². The quantitative estimate of drug-likeness (QED) is 0.658. The van der Waals surface area contributed by atoms with Crippen LogP contribution in [0.25, 0.3) is 0 Å². The van der Waals surface area contributed by atoms with Gasteiger partial charge in [0.1, 0.15) is 31.8 Å². The second-order valence-electron chi connectivity index (χ2n) is 4.23. The molecule has 3 heteroatoms. The van der Waals surface area contributed by atoms with E-state index in [9.17, 15) is 0 Å². The van der Waals surface area contributed by atoms with E-state index in [4.69, 9.17) is 9.84 Å². The van der Waals surface area contributed by atoms with E-state index in [2.05, 4.69) is 20.8 Å². The van der Waals surface area contributed by atoms with Gasteiger partial charge in [-0.1, -0.05) is 0 Å². The predicted molar refractivity (Wildman–Crippen MR) is 52.5 cm³/mol. The van der Waals surface area contributed by atoms with Crippen molar-refractivity contribution in [1.82, 2.24) is 0 Å². The average molecular weight is 188 g/mol. The molecule has 0 aromatic carbocycles. The summed E-state index contributed by atoms with van der Waals surface area (Å²) in [6, 6.07) is 0. The number of aliphatic hydroxyl groups excluding tert-OH is 1. The molecule has 1 heterocycles. The van der Waals surface area contributed by atoms with Gasteiger partial charge in [-0.25, -0.2) is 0 Å². The summed E-state index contributed by atoms with van der Waals surface area (Å²) in [6.45, 7) is 10.8. The molecular weight excluding hydrogens is 166 g/mol. The summed E-state index contributed by atoms with van der Waals surface area (Å²) in [6.07, 6.45) is 0.658. The van der Waals surface area contributed by atoms with Crippen LogP contribution >= 0.6 is 0 Å². The number of hydrogen-bond donors (Lipinski definition) is 1. The molecule has 0 aromatic heterocycles. The van der Waals surface area contributed by atoms with Crippen LogP contribution in [0.2, 0.25) is 0 Å². The summed E-state index contributed by atoms with van der Waals surface area (Å²) in [5, 5.41) is 9.03. The van der Waals surface area contributed by atoms with Gasteiger partial charge in [-0.3, -0.25) is 0 Å². The molecule has 78 valence electrons. The molecule has 1 aliphatic heterocycles. The smallest absolute Gasteiger partial charge is 0.105 e. The van der Waals surface area contributed by atoms with E-state index in [1.54, 1.807) is 0 Å². The molecule has 2 atom stereocenters. The Balaban J connectivity index is 2.62. The zero-order valence-corrected chi connectivity index (χ0v) is 8.99. The van der Waals surface area contributed by atoms with Crippen molar-refractivity contribution in [1.29, 1.82) is 0 Å². The van der Waals surface area contributed by atoms with Crippen molar-refractivity contribution in [2.75, 3.05) is 32.8 Å². The zero-order chi connectivity index (χ0) is 9.90. The number of quaternary nitrogens is 1. The molecule has 1 aliphatic rings. The lowest BCUT2D eigenvalue weighted by atomic mass is 10.1. The number of morpholine rings is 1. The first-order valence-electron chi connectivity index (χ1n) is 5.23. The normalized spacial score (nSPS) is 40.6. The monoisotopic (exact) mass is 188 g/mol. The minimum absolute atomic E-state index is 0.285. The molecule has 1 fully saturated rings. The first-order valence-corrected chi connectivity index (χ1v) is 5.23. The van der Waals surface area contributed by atoms with E-state index in [0.717, 1.165) is 30.7 Å². The van der Waals surface area contributed by atoms with Crippen molar-refractivity contribution in [2.45, 2.75) is 33.0 Å². The minimum atomic E-state index is 0.285. The predicted octanol–water partition coefficient (Wildman–Crippen LogP) is 0.623. The fourth-order valence-corrected chi connectivity index (χ4v) is 2.46. The first-order chi connectivity index (χ1) is 6.12. The Morgan fingerprint density at radius 1 is 1.31 bits per heavy atom. The molecule has 0 aliphatic carbocycles. The third-order valence-corrected chi connectivity index (χ3v) is 3.00. The number of ether oxygens (including phenoxy) is 1. The van der Waals surface area contributed by atoms with Gasteiger partial charge in [0.05, 0.1) is 13.2 Å². The fourth-order valence-electron chi connectivity index (χ4n) is 2.46. The lowest BCUT2D eigenvalue weighted by Crippen LogP contribution is -2.60. The van der Waals surface area contributed by atoms with Crippen LogP contribution in [0.4, 0.5) is 0 Å². The number of likely N-dealkylation sites (N-methyl/N-ethyl adjacent to an activating group) is 1. The molecule has 1 saturated heterocycles. The van der Waals surface area contributed by atoms with E-state index in [-0.39, 0.29) is 6.61 Å². The van der Waals surface area contributed by atoms with E-state index in [0.29, 0.717) is 12.2 Å². The largest absolute Gasteiger partial charge is 0.391 e. The maximum absolute atomic E-state index is 9.03. The van der Waals surface area contributed by atoms with Gasteiger partial charge in [-0.05, 0) is 20.8 Å². The highest BCUT2D eigenvalue weighted by molar-refractivity contribution is 4.63. The molecule has 3 nitrogen and oxygen atoms in total. The van der Waals surface area contributed by atoms with E-state index >= 15 is 0 Å². The number of hydrogen-bond acceptors (Lipinski definition) is 2. The van der Waals surface area contributed by atoms with Gasteiger partial charge in [0.15, 0.2) is 0 Å². The highest BCUT2D eigenvalue weighted by Crippen LogP contribution is 2.18. The summed E-state index contributed by atoms with van der Waals surface area (Å²) in [5.41, 5.74) is 0. The van der Waals surface area contributed by atoms with Crippen molar-refractivity contribution in [3.8, 4) is 0 Å². The molecule has 13 heavy (non-hydrogen) atoms. The summed E-state index contributed by atoms with van der Waals surface area (Å²) in [7, 11) is 0. The van der Waals surface area contributed by atoms with Crippen LogP contribution in [0.15, 0.2) is 0 Å². The molecule has 0 amide bonds. The van der Waals surface area contributed by atoms with Crippen LogP contribution < -0.4 is 0 Å². The number of rotatable bonds is 3. The van der Waals surface area contributed by atoms with Gasteiger partial charge in [0, 0.05) is 0 Å². The van der Waals surface area contributed by atoms with Crippen molar-refractivity contribution in [3.63, 3.8) is 0 Å². The molecule has 0 saturated carbocycles. The molecule has 0 aromatic rings. The van der Waals surface area contributed by atoms with E-state index < -0.39 is 0 Å². The highest BCUT2D eigenvalue weighted by atomic mass is 16.5. The SMILES string of the molecule is CC[N+]1(CCO)CC(C)OC(C)C1. The van der Waals surface area contributed by atoms with Crippen molar-refractivity contribution >= 4 is 0 Å². The summed E-state index contributed by atoms with van der Waals surface area (Å²) < 4.78 is 6.71. The summed E-state index contributed by atoms with van der Waals surface area (Å²) >= 11 is 0. The van der Waals surface area contributed by atoms with Crippen LogP contribution in [0.1, 0.15) is 20.8 Å². The van der Waals surface area contributed by atoms with E-state index in [1.807, 2.05) is 0 Å². The van der Waals surface area contributed by atoms with Crippen LogP contribution in [0.5, 0.6) is 0 Å². The van der Waals surface area contributed by atoms with Gasteiger partial charge >= 0.3 is 0 Å². The van der Waals surface area contributed by atoms with Crippen molar-refractivity contribution in [2.24, 2.45) is 0 Å². The van der Waals surface area contributed by atoms with Gasteiger partial charge in [-0.15, -0.1) is 0 Å². The third-order valence-electron chi connectivity index (χ3n) is 3.00. The zero-order valence-electron chi connectivity index (χ0n) is 8.99. The van der Waals surface area contributed by atoms with Crippen LogP contribution in [0.3, 0.4) is 0 Å². The van der Waals surface area contributed by atoms with Gasteiger partial charge < -0.3 is 14.3 Å². The number of aliphatic hydroxyl groups is 1. The molecule has 0 bridgehead atoms. The molecule has 0 radical (unpaired) electrons. The lowest BCUT2D eigenvalue weighted by molar-refractivity contribution is -0.940. The lowest BCUT2D eigenvalue weighted by Gasteiger charge is -2.45. The molecule has 2 unspecified atom stereocenters. The summed E-state index contributed by atoms with van der Waals surface area (Å²) in [5.74, 6) is 0. The second kappa shape index (κ2) is 4.40. The van der Waals surface area contributed by atoms with Gasteiger partial charge in [-0.2, -0.15) is 0 Å². The Morgan fingerprint density at radius 3 is 2.23 bits per heavy atom. The minimum Gasteiger partial charge on any atom is -0.391 e. The maximum Gasteiger partial charge on any atom is 0.105 e. The fraction of sp³-hybridized carbons (Fsp3) is 1.00. The third kappa shape index (κ3) is 2.66. The topological polar surface area (TPSA) is 29.5 Å². The second-order valence-corrected chi connectivity index (χ2v) is 4.23. The Hall–Kier alpha value is -0.120. The standard InChI is InChI=1S/C10H22NO2/c1-4-11(5-6-12)7-9(2)13-10(3)8-11/h9-10,12H,4-8H2,1-3H3/q+1.